The fourth-order valence-corrected chi connectivity index (χ4v) is 2.50. The van der Waals surface area contributed by atoms with Crippen LogP contribution in [0.15, 0.2) is 36.8 Å². The lowest BCUT2D eigenvalue weighted by Crippen LogP contribution is -2.18. The highest BCUT2D eigenvalue weighted by Gasteiger charge is 2.09. The minimum atomic E-state index is 0.556. The van der Waals surface area contributed by atoms with Crippen molar-refractivity contribution in [2.24, 2.45) is 0 Å². The largest absolute Gasteiger partial charge is 0.370 e. The zero-order chi connectivity index (χ0) is 17.5. The minimum absolute atomic E-state index is 0.556. The van der Waals surface area contributed by atoms with Gasteiger partial charge in [-0.1, -0.05) is 13.0 Å². The third kappa shape index (κ3) is 4.48. The van der Waals surface area contributed by atoms with Gasteiger partial charge in [0.25, 0.3) is 0 Å². The van der Waals surface area contributed by atoms with Crippen LogP contribution in [0.2, 0.25) is 0 Å². The van der Waals surface area contributed by atoms with Crippen molar-refractivity contribution in [3.63, 3.8) is 0 Å². The van der Waals surface area contributed by atoms with E-state index in [0.717, 1.165) is 43.3 Å². The summed E-state index contributed by atoms with van der Waals surface area (Å²) in [4.78, 5) is 8.69. The summed E-state index contributed by atoms with van der Waals surface area (Å²) in [6.45, 7) is 5.55. The second-order valence-corrected chi connectivity index (χ2v) is 5.71. The normalized spacial score (nSPS) is 10.9. The predicted molar refractivity (Wildman–Crippen MR) is 102 cm³/mol. The summed E-state index contributed by atoms with van der Waals surface area (Å²) in [5, 5.41) is 14.3. The SMILES string of the molecule is [B]c1cnn2c(NCc3cccnc3)cc(NCCCNCC)nc12. The molecule has 0 atom stereocenters. The molecule has 7 nitrogen and oxygen atoms in total. The van der Waals surface area contributed by atoms with Gasteiger partial charge in [0.2, 0.25) is 0 Å². The molecule has 0 aliphatic rings. The molecule has 25 heavy (non-hydrogen) atoms. The molecule has 0 saturated carbocycles. The number of rotatable bonds is 9. The molecule has 2 radical (unpaired) electrons. The summed E-state index contributed by atoms with van der Waals surface area (Å²) >= 11 is 0. The second kappa shape index (κ2) is 8.48. The Labute approximate surface area is 148 Å². The molecule has 3 rings (SSSR count). The van der Waals surface area contributed by atoms with E-state index < -0.39 is 0 Å². The molecule has 0 spiro atoms. The van der Waals surface area contributed by atoms with Gasteiger partial charge in [-0.05, 0) is 36.6 Å². The summed E-state index contributed by atoms with van der Waals surface area (Å²) in [6.07, 6.45) is 6.24. The molecular formula is C17H22BN7. The molecule has 0 saturated heterocycles. The third-order valence-electron chi connectivity index (χ3n) is 3.78. The highest BCUT2D eigenvalue weighted by Crippen LogP contribution is 2.15. The highest BCUT2D eigenvalue weighted by molar-refractivity contribution is 6.36. The highest BCUT2D eigenvalue weighted by atomic mass is 15.3. The average Bonchev–Trinajstić information content (AvgIpc) is 3.02. The van der Waals surface area contributed by atoms with E-state index in [1.54, 1.807) is 16.9 Å². The Kier molecular flexibility index (Phi) is 5.84. The fourth-order valence-electron chi connectivity index (χ4n) is 2.50. The minimum Gasteiger partial charge on any atom is -0.370 e. The maximum absolute atomic E-state index is 5.99. The number of nitrogens with one attached hydrogen (secondary N) is 3. The summed E-state index contributed by atoms with van der Waals surface area (Å²) in [6, 6.07) is 5.89. The number of pyridine rings is 1. The van der Waals surface area contributed by atoms with Crippen molar-refractivity contribution in [3.05, 3.63) is 42.4 Å². The van der Waals surface area contributed by atoms with Crippen molar-refractivity contribution >= 4 is 30.6 Å². The Hall–Kier alpha value is -2.61. The van der Waals surface area contributed by atoms with E-state index >= 15 is 0 Å². The van der Waals surface area contributed by atoms with Crippen molar-refractivity contribution < 1.29 is 0 Å². The van der Waals surface area contributed by atoms with E-state index in [0.29, 0.717) is 17.7 Å². The molecular weight excluding hydrogens is 313 g/mol. The lowest BCUT2D eigenvalue weighted by atomic mass is 10.0. The summed E-state index contributed by atoms with van der Waals surface area (Å²) in [7, 11) is 5.99. The standard InChI is InChI=1S/C17H22BN7/c1-2-19-7-4-8-21-15-9-16(22-11-13-5-3-6-20-10-13)25-17(24-15)14(18)12-23-25/h3,5-6,9-10,12,19,22H,2,4,7-8,11H2,1H3,(H,21,24). The monoisotopic (exact) mass is 335 g/mol. The van der Waals surface area contributed by atoms with Crippen LogP contribution in [0.4, 0.5) is 11.6 Å². The van der Waals surface area contributed by atoms with Crippen molar-refractivity contribution in [1.29, 1.82) is 0 Å². The summed E-state index contributed by atoms with van der Waals surface area (Å²) in [5.41, 5.74) is 2.29. The van der Waals surface area contributed by atoms with E-state index in [4.69, 9.17) is 7.85 Å². The molecule has 0 fully saturated rings. The lowest BCUT2D eigenvalue weighted by molar-refractivity contribution is 0.688. The van der Waals surface area contributed by atoms with Crippen molar-refractivity contribution in [3.8, 4) is 0 Å². The number of hydrogen-bond donors (Lipinski definition) is 3. The molecule has 0 bridgehead atoms. The quantitative estimate of drug-likeness (QED) is 0.399. The van der Waals surface area contributed by atoms with E-state index in [-0.39, 0.29) is 0 Å². The number of hydrogen-bond acceptors (Lipinski definition) is 6. The second-order valence-electron chi connectivity index (χ2n) is 5.71. The van der Waals surface area contributed by atoms with Crippen LogP contribution in [0.3, 0.4) is 0 Å². The third-order valence-corrected chi connectivity index (χ3v) is 3.78. The Morgan fingerprint density at radius 3 is 2.92 bits per heavy atom. The first kappa shape index (κ1) is 17.2. The summed E-state index contributed by atoms with van der Waals surface area (Å²) in [5.74, 6) is 1.62. The van der Waals surface area contributed by atoms with Crippen molar-refractivity contribution in [2.45, 2.75) is 19.9 Å². The fraction of sp³-hybridized carbons (Fsp3) is 0.353. The van der Waals surface area contributed by atoms with Gasteiger partial charge < -0.3 is 16.0 Å². The Morgan fingerprint density at radius 2 is 2.12 bits per heavy atom. The van der Waals surface area contributed by atoms with Gasteiger partial charge in [0.15, 0.2) is 5.65 Å². The lowest BCUT2D eigenvalue weighted by Gasteiger charge is -2.12. The average molecular weight is 335 g/mol. The molecule has 0 amide bonds. The van der Waals surface area contributed by atoms with Gasteiger partial charge in [-0.15, -0.1) is 0 Å². The zero-order valence-electron chi connectivity index (χ0n) is 14.4. The van der Waals surface area contributed by atoms with E-state index in [9.17, 15) is 0 Å². The van der Waals surface area contributed by atoms with Crippen LogP contribution in [0.1, 0.15) is 18.9 Å². The van der Waals surface area contributed by atoms with Crippen LogP contribution in [-0.2, 0) is 6.54 Å². The van der Waals surface area contributed by atoms with Gasteiger partial charge in [-0.2, -0.15) is 9.61 Å². The molecule has 3 aromatic heterocycles. The number of fused-ring (bicyclic) bond motifs is 1. The topological polar surface area (TPSA) is 79.2 Å². The van der Waals surface area contributed by atoms with Gasteiger partial charge in [0, 0.05) is 37.7 Å². The molecule has 0 aliphatic carbocycles. The molecule has 0 unspecified atom stereocenters. The van der Waals surface area contributed by atoms with Crippen LogP contribution < -0.4 is 21.4 Å². The van der Waals surface area contributed by atoms with Crippen molar-refractivity contribution in [1.82, 2.24) is 24.9 Å². The molecule has 128 valence electrons. The van der Waals surface area contributed by atoms with Gasteiger partial charge >= 0.3 is 0 Å². The number of anilines is 2. The van der Waals surface area contributed by atoms with Crippen LogP contribution in [0.5, 0.6) is 0 Å². The van der Waals surface area contributed by atoms with Gasteiger partial charge in [0.1, 0.15) is 19.5 Å². The van der Waals surface area contributed by atoms with Crippen LogP contribution in [0, 0.1) is 0 Å². The van der Waals surface area contributed by atoms with Gasteiger partial charge in [-0.25, -0.2) is 4.98 Å². The first-order chi connectivity index (χ1) is 12.3. The first-order valence-electron chi connectivity index (χ1n) is 8.49. The maximum atomic E-state index is 5.99. The molecule has 3 heterocycles. The molecule has 0 aromatic carbocycles. The predicted octanol–water partition coefficient (Wildman–Crippen LogP) is 0.942. The van der Waals surface area contributed by atoms with Gasteiger partial charge in [0.05, 0.1) is 0 Å². The van der Waals surface area contributed by atoms with Gasteiger partial charge in [-0.3, -0.25) is 4.98 Å². The summed E-state index contributed by atoms with van der Waals surface area (Å²) < 4.78 is 1.72. The Morgan fingerprint density at radius 1 is 1.20 bits per heavy atom. The van der Waals surface area contributed by atoms with Crippen LogP contribution >= 0.6 is 0 Å². The van der Waals surface area contributed by atoms with Crippen molar-refractivity contribution in [2.75, 3.05) is 30.3 Å². The van der Waals surface area contributed by atoms with E-state index in [2.05, 4.69) is 37.9 Å². The Balaban J connectivity index is 1.73. The number of nitrogens with zero attached hydrogens (tertiary/aromatic N) is 4. The van der Waals surface area contributed by atoms with E-state index in [1.165, 1.54) is 0 Å². The van der Waals surface area contributed by atoms with Crippen LogP contribution in [-0.4, -0.2) is 47.1 Å². The molecule has 3 N–H and O–H groups in total. The Bertz CT molecular complexity index is 803. The van der Waals surface area contributed by atoms with Crippen LogP contribution in [0.25, 0.3) is 5.65 Å². The van der Waals surface area contributed by atoms with E-state index in [1.807, 2.05) is 24.4 Å². The molecule has 8 heteroatoms. The zero-order valence-corrected chi connectivity index (χ0v) is 14.4. The maximum Gasteiger partial charge on any atom is 0.152 e. The number of aromatic nitrogens is 4. The molecule has 0 aliphatic heterocycles. The molecule has 3 aromatic rings. The smallest absolute Gasteiger partial charge is 0.152 e. The first-order valence-corrected chi connectivity index (χ1v) is 8.49.